The van der Waals surface area contributed by atoms with Gasteiger partial charge in [0.05, 0.1) is 0 Å². The van der Waals surface area contributed by atoms with Crippen LogP contribution in [0.1, 0.15) is 13.3 Å². The molecule has 1 heterocycles. The number of rotatable bonds is 3. The molecule has 3 nitrogen and oxygen atoms in total. The fourth-order valence-electron chi connectivity index (χ4n) is 1.51. The van der Waals surface area contributed by atoms with E-state index in [1.165, 1.54) is 0 Å². The zero-order valence-corrected chi connectivity index (χ0v) is 7.21. The van der Waals surface area contributed by atoms with Crippen LogP contribution in [-0.2, 0) is 0 Å². The van der Waals surface area contributed by atoms with Gasteiger partial charge < -0.3 is 15.3 Å². The van der Waals surface area contributed by atoms with E-state index in [-0.39, 0.29) is 0 Å². The predicted molar refractivity (Wildman–Crippen MR) is 45.6 cm³/mol. The molecule has 11 heavy (non-hydrogen) atoms. The number of nitrogens with one attached hydrogen (secondary N) is 1. The lowest BCUT2D eigenvalue weighted by molar-refractivity contribution is 0.184. The van der Waals surface area contributed by atoms with E-state index in [1.54, 1.807) is 0 Å². The smallest absolute Gasteiger partial charge is 0.0443 e. The van der Waals surface area contributed by atoms with Crippen molar-refractivity contribution in [1.29, 1.82) is 0 Å². The van der Waals surface area contributed by atoms with Crippen LogP contribution in [0.2, 0.25) is 0 Å². The topological polar surface area (TPSA) is 35.5 Å². The van der Waals surface area contributed by atoms with Crippen molar-refractivity contribution in [2.75, 3.05) is 32.8 Å². The molecule has 0 amide bonds. The molecule has 3 heteroatoms. The molecule has 66 valence electrons. The van der Waals surface area contributed by atoms with Crippen molar-refractivity contribution in [3.05, 3.63) is 0 Å². The molecule has 0 aromatic rings. The summed E-state index contributed by atoms with van der Waals surface area (Å²) >= 11 is 0. The Labute approximate surface area is 68.4 Å². The van der Waals surface area contributed by atoms with Gasteiger partial charge in [-0.2, -0.15) is 0 Å². The van der Waals surface area contributed by atoms with Crippen molar-refractivity contribution in [2.45, 2.75) is 19.4 Å². The second-order valence-electron chi connectivity index (χ2n) is 3.23. The van der Waals surface area contributed by atoms with Gasteiger partial charge in [-0.3, -0.25) is 0 Å². The van der Waals surface area contributed by atoms with Crippen molar-refractivity contribution in [1.82, 2.24) is 10.2 Å². The summed E-state index contributed by atoms with van der Waals surface area (Å²) in [4.78, 5) is 2.40. The Kier molecular flexibility index (Phi) is 3.83. The van der Waals surface area contributed by atoms with E-state index >= 15 is 0 Å². The minimum Gasteiger partial charge on any atom is -0.396 e. The highest BCUT2D eigenvalue weighted by molar-refractivity contribution is 4.74. The third kappa shape index (κ3) is 3.18. The molecule has 0 unspecified atom stereocenters. The number of piperazine rings is 1. The van der Waals surface area contributed by atoms with Crippen molar-refractivity contribution in [3.63, 3.8) is 0 Å². The van der Waals surface area contributed by atoms with Gasteiger partial charge in [0.25, 0.3) is 0 Å². The Hall–Kier alpha value is -0.120. The van der Waals surface area contributed by atoms with Gasteiger partial charge in [-0.25, -0.2) is 0 Å². The van der Waals surface area contributed by atoms with Crippen molar-refractivity contribution >= 4 is 0 Å². The first kappa shape index (κ1) is 8.97. The highest BCUT2D eigenvalue weighted by Gasteiger charge is 2.13. The monoisotopic (exact) mass is 158 g/mol. The number of nitrogens with zero attached hydrogens (tertiary/aromatic N) is 1. The first-order valence-corrected chi connectivity index (χ1v) is 4.39. The Balaban J connectivity index is 2.12. The van der Waals surface area contributed by atoms with E-state index in [2.05, 4.69) is 17.1 Å². The SMILES string of the molecule is C[C@H]1CN(CCCO)CCN1. The van der Waals surface area contributed by atoms with E-state index in [4.69, 9.17) is 5.11 Å². The maximum Gasteiger partial charge on any atom is 0.0443 e. The summed E-state index contributed by atoms with van der Waals surface area (Å²) in [6.07, 6.45) is 0.909. The van der Waals surface area contributed by atoms with E-state index in [9.17, 15) is 0 Å². The van der Waals surface area contributed by atoms with Crippen LogP contribution in [-0.4, -0.2) is 48.8 Å². The summed E-state index contributed by atoms with van der Waals surface area (Å²) in [6.45, 7) is 6.91. The average Bonchev–Trinajstić information content (AvgIpc) is 2.01. The number of hydrogen-bond donors (Lipinski definition) is 2. The highest BCUT2D eigenvalue weighted by Crippen LogP contribution is 1.98. The minimum absolute atomic E-state index is 0.318. The number of hydrogen-bond acceptors (Lipinski definition) is 3. The van der Waals surface area contributed by atoms with E-state index in [1.807, 2.05) is 0 Å². The molecule has 0 radical (unpaired) electrons. The first-order valence-electron chi connectivity index (χ1n) is 4.39. The lowest BCUT2D eigenvalue weighted by Crippen LogP contribution is -2.49. The van der Waals surface area contributed by atoms with Crippen molar-refractivity contribution < 1.29 is 5.11 Å². The van der Waals surface area contributed by atoms with Gasteiger partial charge in [0.1, 0.15) is 0 Å². The molecule has 1 fully saturated rings. The fourth-order valence-corrected chi connectivity index (χ4v) is 1.51. The van der Waals surface area contributed by atoms with Crippen LogP contribution in [0.3, 0.4) is 0 Å². The maximum absolute atomic E-state index is 8.62. The summed E-state index contributed by atoms with van der Waals surface area (Å²) in [6, 6.07) is 0.613. The van der Waals surface area contributed by atoms with Gasteiger partial charge in [0.2, 0.25) is 0 Å². The standard InChI is InChI=1S/C8H18N2O/c1-8-7-10(4-2-6-11)5-3-9-8/h8-9,11H,2-7H2,1H3/t8-/m0/s1. The molecule has 1 rings (SSSR count). The fraction of sp³-hybridized carbons (Fsp3) is 1.00. The summed E-state index contributed by atoms with van der Waals surface area (Å²) in [5.74, 6) is 0. The Morgan fingerprint density at radius 1 is 1.64 bits per heavy atom. The molecule has 1 aliphatic heterocycles. The van der Waals surface area contributed by atoms with Crippen LogP contribution in [0, 0.1) is 0 Å². The molecule has 0 aromatic heterocycles. The molecule has 2 N–H and O–H groups in total. The number of aliphatic hydroxyl groups excluding tert-OH is 1. The summed E-state index contributed by atoms with van der Waals surface area (Å²) in [5.41, 5.74) is 0. The summed E-state index contributed by atoms with van der Waals surface area (Å²) < 4.78 is 0. The van der Waals surface area contributed by atoms with Crippen molar-refractivity contribution in [2.24, 2.45) is 0 Å². The molecule has 1 aliphatic rings. The Morgan fingerprint density at radius 2 is 2.45 bits per heavy atom. The van der Waals surface area contributed by atoms with Gasteiger partial charge in [0, 0.05) is 38.8 Å². The molecule has 0 spiro atoms. The van der Waals surface area contributed by atoms with Gasteiger partial charge >= 0.3 is 0 Å². The highest BCUT2D eigenvalue weighted by atomic mass is 16.3. The minimum atomic E-state index is 0.318. The zero-order chi connectivity index (χ0) is 8.10. The van der Waals surface area contributed by atoms with Gasteiger partial charge in [0.15, 0.2) is 0 Å². The van der Waals surface area contributed by atoms with Gasteiger partial charge in [-0.15, -0.1) is 0 Å². The van der Waals surface area contributed by atoms with Crippen LogP contribution in [0.5, 0.6) is 0 Å². The van der Waals surface area contributed by atoms with Gasteiger partial charge in [-0.05, 0) is 13.3 Å². The molecule has 0 aromatic carbocycles. The largest absolute Gasteiger partial charge is 0.396 e. The molecule has 0 bridgehead atoms. The lowest BCUT2D eigenvalue weighted by Gasteiger charge is -2.31. The number of aliphatic hydroxyl groups is 1. The normalized spacial score (nSPS) is 27.3. The second-order valence-corrected chi connectivity index (χ2v) is 3.23. The summed E-state index contributed by atoms with van der Waals surface area (Å²) in [7, 11) is 0. The Morgan fingerprint density at radius 3 is 3.09 bits per heavy atom. The molecule has 0 saturated carbocycles. The first-order chi connectivity index (χ1) is 5.33. The van der Waals surface area contributed by atoms with E-state index < -0.39 is 0 Å². The van der Waals surface area contributed by atoms with Crippen LogP contribution in [0.25, 0.3) is 0 Å². The molecule has 1 saturated heterocycles. The van der Waals surface area contributed by atoms with Crippen LogP contribution in [0.4, 0.5) is 0 Å². The zero-order valence-electron chi connectivity index (χ0n) is 7.21. The third-order valence-corrected chi connectivity index (χ3v) is 2.09. The van der Waals surface area contributed by atoms with E-state index in [0.29, 0.717) is 12.6 Å². The molecule has 1 atom stereocenters. The maximum atomic E-state index is 8.62. The molecular weight excluding hydrogens is 140 g/mol. The Bertz CT molecular complexity index is 108. The third-order valence-electron chi connectivity index (χ3n) is 2.09. The second kappa shape index (κ2) is 4.70. The van der Waals surface area contributed by atoms with Gasteiger partial charge in [-0.1, -0.05) is 0 Å². The quantitative estimate of drug-likeness (QED) is 0.590. The lowest BCUT2D eigenvalue weighted by atomic mass is 10.2. The summed E-state index contributed by atoms with van der Waals surface area (Å²) in [5, 5.41) is 12.0. The van der Waals surface area contributed by atoms with Crippen LogP contribution in [0.15, 0.2) is 0 Å². The molecular formula is C8H18N2O. The predicted octanol–water partition coefficient (Wildman–Crippen LogP) is -0.337. The van der Waals surface area contributed by atoms with Crippen LogP contribution < -0.4 is 5.32 Å². The average molecular weight is 158 g/mol. The molecule has 0 aliphatic carbocycles. The van der Waals surface area contributed by atoms with Crippen molar-refractivity contribution in [3.8, 4) is 0 Å². The van der Waals surface area contributed by atoms with Crippen LogP contribution >= 0.6 is 0 Å². The van der Waals surface area contributed by atoms with E-state index in [0.717, 1.165) is 32.6 Å².